The fourth-order valence-electron chi connectivity index (χ4n) is 1.98. The van der Waals surface area contributed by atoms with Crippen LogP contribution in [0.3, 0.4) is 0 Å². The minimum atomic E-state index is 0.0905. The first kappa shape index (κ1) is 10.6. The van der Waals surface area contributed by atoms with Crippen molar-refractivity contribution in [2.75, 3.05) is 7.11 Å². The molecule has 0 aromatic heterocycles. The monoisotopic (exact) mass is 218 g/mol. The van der Waals surface area contributed by atoms with Crippen LogP contribution in [0.2, 0.25) is 0 Å². The minimum absolute atomic E-state index is 0.0905. The fourth-order valence-corrected chi connectivity index (χ4v) is 1.98. The number of ether oxygens (including phenoxy) is 1. The first-order chi connectivity index (χ1) is 7.70. The van der Waals surface area contributed by atoms with Crippen LogP contribution < -0.4 is 4.74 Å². The van der Waals surface area contributed by atoms with Gasteiger partial charge in [0.05, 0.1) is 7.11 Å². The maximum Gasteiger partial charge on any atom is 0.168 e. The van der Waals surface area contributed by atoms with E-state index in [9.17, 15) is 10.2 Å². The van der Waals surface area contributed by atoms with Gasteiger partial charge in [0.25, 0.3) is 0 Å². The fraction of sp³-hybridized carbons (Fsp3) is 0.231. The second-order valence-corrected chi connectivity index (χ2v) is 3.61. The van der Waals surface area contributed by atoms with Crippen LogP contribution in [0.1, 0.15) is 12.5 Å². The van der Waals surface area contributed by atoms with Gasteiger partial charge in [-0.05, 0) is 6.42 Å². The number of aromatic hydroxyl groups is 2. The van der Waals surface area contributed by atoms with E-state index in [1.54, 1.807) is 12.1 Å². The van der Waals surface area contributed by atoms with Crippen molar-refractivity contribution < 1.29 is 14.9 Å². The highest BCUT2D eigenvalue weighted by Crippen LogP contribution is 2.44. The molecule has 0 bridgehead atoms. The first-order valence-electron chi connectivity index (χ1n) is 5.20. The summed E-state index contributed by atoms with van der Waals surface area (Å²) in [4.78, 5) is 0. The Hall–Kier alpha value is -1.90. The number of phenolic OH excluding ortho intramolecular Hbond substituents is 2. The summed E-state index contributed by atoms with van der Waals surface area (Å²) in [6.45, 7) is 1.91. The molecule has 2 aromatic rings. The average Bonchev–Trinajstić information content (AvgIpc) is 2.33. The van der Waals surface area contributed by atoms with Crippen LogP contribution in [0.4, 0.5) is 0 Å². The molecule has 2 aromatic carbocycles. The SMILES string of the molecule is CCc1c(OC)c(O)c2ccccc2c1O. The van der Waals surface area contributed by atoms with Crippen molar-refractivity contribution >= 4 is 10.8 Å². The van der Waals surface area contributed by atoms with Crippen LogP contribution in [0.5, 0.6) is 17.2 Å². The summed E-state index contributed by atoms with van der Waals surface area (Å²) in [5.74, 6) is 0.638. The van der Waals surface area contributed by atoms with Gasteiger partial charge in [0.15, 0.2) is 11.5 Å². The zero-order valence-corrected chi connectivity index (χ0v) is 9.32. The van der Waals surface area contributed by atoms with E-state index in [0.717, 1.165) is 0 Å². The molecule has 0 aliphatic heterocycles. The molecular weight excluding hydrogens is 204 g/mol. The third-order valence-electron chi connectivity index (χ3n) is 2.77. The van der Waals surface area contributed by atoms with E-state index in [0.29, 0.717) is 28.5 Å². The number of hydrogen-bond acceptors (Lipinski definition) is 3. The van der Waals surface area contributed by atoms with Crippen LogP contribution >= 0.6 is 0 Å². The normalized spacial score (nSPS) is 10.6. The van der Waals surface area contributed by atoms with Crippen LogP contribution in [0, 0.1) is 0 Å². The van der Waals surface area contributed by atoms with Crippen LogP contribution in [-0.4, -0.2) is 17.3 Å². The molecule has 0 fully saturated rings. The molecular formula is C13H14O3. The summed E-state index contributed by atoms with van der Waals surface area (Å²) in [5.41, 5.74) is 0.638. The van der Waals surface area contributed by atoms with E-state index in [1.165, 1.54) is 7.11 Å². The first-order valence-corrected chi connectivity index (χ1v) is 5.20. The summed E-state index contributed by atoms with van der Waals surface area (Å²) >= 11 is 0. The third-order valence-corrected chi connectivity index (χ3v) is 2.77. The van der Waals surface area contributed by atoms with Crippen molar-refractivity contribution in [1.29, 1.82) is 0 Å². The van der Waals surface area contributed by atoms with E-state index < -0.39 is 0 Å². The number of methoxy groups -OCH3 is 1. The van der Waals surface area contributed by atoms with Gasteiger partial charge in [-0.1, -0.05) is 31.2 Å². The number of benzene rings is 2. The van der Waals surface area contributed by atoms with Gasteiger partial charge in [-0.3, -0.25) is 0 Å². The van der Waals surface area contributed by atoms with Gasteiger partial charge in [0.2, 0.25) is 0 Å². The van der Waals surface area contributed by atoms with Crippen molar-refractivity contribution in [3.05, 3.63) is 29.8 Å². The highest BCUT2D eigenvalue weighted by Gasteiger charge is 2.17. The Morgan fingerprint density at radius 3 is 2.12 bits per heavy atom. The topological polar surface area (TPSA) is 49.7 Å². The van der Waals surface area contributed by atoms with Gasteiger partial charge in [-0.25, -0.2) is 0 Å². The van der Waals surface area contributed by atoms with Gasteiger partial charge in [0, 0.05) is 16.3 Å². The lowest BCUT2D eigenvalue weighted by Gasteiger charge is -2.14. The van der Waals surface area contributed by atoms with E-state index in [1.807, 2.05) is 19.1 Å². The Morgan fingerprint density at radius 1 is 1.06 bits per heavy atom. The predicted octanol–water partition coefficient (Wildman–Crippen LogP) is 2.82. The van der Waals surface area contributed by atoms with Crippen molar-refractivity contribution in [3.8, 4) is 17.2 Å². The molecule has 2 N–H and O–H groups in total. The maximum atomic E-state index is 10.1. The number of phenols is 2. The molecule has 0 unspecified atom stereocenters. The Balaban J connectivity index is 2.93. The van der Waals surface area contributed by atoms with Crippen molar-refractivity contribution in [1.82, 2.24) is 0 Å². The molecule has 0 saturated heterocycles. The highest BCUT2D eigenvalue weighted by molar-refractivity contribution is 5.96. The molecule has 3 heteroatoms. The lowest BCUT2D eigenvalue weighted by atomic mass is 10.0. The largest absolute Gasteiger partial charge is 0.507 e. The minimum Gasteiger partial charge on any atom is -0.507 e. The van der Waals surface area contributed by atoms with Gasteiger partial charge in [0.1, 0.15) is 5.75 Å². The summed E-state index contributed by atoms with van der Waals surface area (Å²) < 4.78 is 5.15. The predicted molar refractivity (Wildman–Crippen MR) is 63.2 cm³/mol. The summed E-state index contributed by atoms with van der Waals surface area (Å²) in [6, 6.07) is 7.18. The molecule has 0 aliphatic rings. The lowest BCUT2D eigenvalue weighted by molar-refractivity contribution is 0.367. The summed E-state index contributed by atoms with van der Waals surface area (Å²) in [5, 5.41) is 21.4. The maximum absolute atomic E-state index is 10.1. The zero-order valence-electron chi connectivity index (χ0n) is 9.32. The molecule has 0 saturated carbocycles. The van der Waals surface area contributed by atoms with E-state index >= 15 is 0 Å². The quantitative estimate of drug-likeness (QED) is 0.762. The highest BCUT2D eigenvalue weighted by atomic mass is 16.5. The molecule has 84 valence electrons. The lowest BCUT2D eigenvalue weighted by Crippen LogP contribution is -1.93. The number of fused-ring (bicyclic) bond motifs is 1. The smallest absolute Gasteiger partial charge is 0.168 e. The number of rotatable bonds is 2. The van der Waals surface area contributed by atoms with Crippen molar-refractivity contribution in [2.24, 2.45) is 0 Å². The molecule has 0 atom stereocenters. The third kappa shape index (κ3) is 1.36. The Bertz CT molecular complexity index is 484. The molecule has 16 heavy (non-hydrogen) atoms. The summed E-state index contributed by atoms with van der Waals surface area (Å²) in [6.07, 6.45) is 0.605. The Kier molecular flexibility index (Phi) is 2.60. The van der Waals surface area contributed by atoms with Crippen molar-refractivity contribution in [2.45, 2.75) is 13.3 Å². The van der Waals surface area contributed by atoms with Gasteiger partial charge >= 0.3 is 0 Å². The zero-order chi connectivity index (χ0) is 11.7. The van der Waals surface area contributed by atoms with Gasteiger partial charge in [-0.15, -0.1) is 0 Å². The van der Waals surface area contributed by atoms with Crippen LogP contribution in [0.15, 0.2) is 24.3 Å². The second kappa shape index (κ2) is 3.93. The number of hydrogen-bond donors (Lipinski definition) is 2. The van der Waals surface area contributed by atoms with Crippen molar-refractivity contribution in [3.63, 3.8) is 0 Å². The average molecular weight is 218 g/mol. The Labute approximate surface area is 93.9 Å². The molecule has 0 spiro atoms. The molecule has 0 radical (unpaired) electrons. The standard InChI is InChI=1S/C13H14O3/c1-3-8-11(14)9-6-4-5-7-10(9)12(15)13(8)16-2/h4-7,14-15H,3H2,1-2H3. The van der Waals surface area contributed by atoms with Gasteiger partial charge < -0.3 is 14.9 Å². The van der Waals surface area contributed by atoms with Crippen LogP contribution in [0.25, 0.3) is 10.8 Å². The van der Waals surface area contributed by atoms with E-state index in [-0.39, 0.29) is 11.5 Å². The Morgan fingerprint density at radius 2 is 1.62 bits per heavy atom. The van der Waals surface area contributed by atoms with Gasteiger partial charge in [-0.2, -0.15) is 0 Å². The van der Waals surface area contributed by atoms with Crippen LogP contribution in [-0.2, 0) is 6.42 Å². The molecule has 0 aliphatic carbocycles. The molecule has 0 heterocycles. The van der Waals surface area contributed by atoms with E-state index in [4.69, 9.17) is 4.74 Å². The summed E-state index contributed by atoms with van der Waals surface area (Å²) in [7, 11) is 1.49. The molecule has 3 nitrogen and oxygen atoms in total. The second-order valence-electron chi connectivity index (χ2n) is 3.61. The molecule has 0 amide bonds. The van der Waals surface area contributed by atoms with E-state index in [2.05, 4.69) is 0 Å². The molecule has 2 rings (SSSR count).